The van der Waals surface area contributed by atoms with Crippen molar-refractivity contribution in [1.29, 1.82) is 0 Å². The van der Waals surface area contributed by atoms with Crippen molar-refractivity contribution in [3.8, 4) is 5.75 Å². The van der Waals surface area contributed by atoms with Crippen molar-refractivity contribution >= 4 is 34.0 Å². The first-order valence-corrected chi connectivity index (χ1v) is 7.77. The lowest BCUT2D eigenvalue weighted by molar-refractivity contribution is -0.671. The summed E-state index contributed by atoms with van der Waals surface area (Å²) in [5.74, 6) is -0.468. The number of anilines is 2. The lowest BCUT2D eigenvalue weighted by atomic mass is 10.1. The zero-order chi connectivity index (χ0) is 18.0. The van der Waals surface area contributed by atoms with Crippen LogP contribution < -0.4 is 27.6 Å². The van der Waals surface area contributed by atoms with Crippen LogP contribution in [0.2, 0.25) is 0 Å². The number of hydrogen-bond donors (Lipinski definition) is 3. The predicted octanol–water partition coefficient (Wildman–Crippen LogP) is -1.23. The normalized spacial score (nSPS) is 10.2. The van der Waals surface area contributed by atoms with Crippen LogP contribution in [0.15, 0.2) is 49.1 Å². The Balaban J connectivity index is 0.00000243. The number of nitrogens with one attached hydrogen (secondary N) is 2. The summed E-state index contributed by atoms with van der Waals surface area (Å²) >= 11 is 0. The van der Waals surface area contributed by atoms with Gasteiger partial charge in [-0.2, -0.15) is 0 Å². The van der Waals surface area contributed by atoms with Gasteiger partial charge in [-0.25, -0.2) is 9.13 Å². The first-order valence-electron chi connectivity index (χ1n) is 7.77. The Morgan fingerprint density at radius 2 is 1.88 bits per heavy atom. The molecule has 0 saturated heterocycles. The van der Waals surface area contributed by atoms with E-state index in [1.165, 1.54) is 6.92 Å². The van der Waals surface area contributed by atoms with Crippen molar-refractivity contribution in [1.82, 2.24) is 4.57 Å². The number of phenols is 1. The molecule has 8 heteroatoms. The molecule has 0 fully saturated rings. The Bertz CT molecular complexity index is 968. The number of rotatable bonds is 4. The second-order valence-corrected chi connectivity index (χ2v) is 5.84. The summed E-state index contributed by atoms with van der Waals surface area (Å²) in [5, 5.41) is 17.2. The van der Waals surface area contributed by atoms with E-state index >= 15 is 0 Å². The molecule has 2 amide bonds. The van der Waals surface area contributed by atoms with Crippen LogP contribution in [0.4, 0.5) is 11.4 Å². The molecule has 3 aromatic rings. The Kier molecular flexibility index (Phi) is 5.84. The second-order valence-electron chi connectivity index (χ2n) is 5.84. The molecule has 7 nitrogen and oxygen atoms in total. The summed E-state index contributed by atoms with van der Waals surface area (Å²) in [7, 11) is 1.87. The minimum Gasteiger partial charge on any atom is -1.00 e. The van der Waals surface area contributed by atoms with Gasteiger partial charge < -0.3 is 28.1 Å². The standard InChI is InChI=1S/C18H18N4O3.ClH/c1-12(23)19-15-5-3-4-14-13(15)6-7-16(18(14)25)20-17(24)10-22-9-8-21(2)11-22;/h3-9,11H,10H2,1-2H3,(H2-,19,20,23,24,25);1H. The molecule has 0 saturated carbocycles. The van der Waals surface area contributed by atoms with E-state index in [9.17, 15) is 14.7 Å². The van der Waals surface area contributed by atoms with Crippen LogP contribution in [0.25, 0.3) is 10.8 Å². The van der Waals surface area contributed by atoms with Gasteiger partial charge in [0.05, 0.1) is 12.7 Å². The average Bonchev–Trinajstić information content (AvgIpc) is 2.95. The summed E-state index contributed by atoms with van der Waals surface area (Å²) in [5.41, 5.74) is 0.937. The minimum absolute atomic E-state index is 0. The third-order valence-electron chi connectivity index (χ3n) is 3.77. The molecule has 0 unspecified atom stereocenters. The zero-order valence-corrected chi connectivity index (χ0v) is 15.1. The molecule has 0 aliphatic heterocycles. The third kappa shape index (κ3) is 4.12. The van der Waals surface area contributed by atoms with E-state index in [-0.39, 0.29) is 36.5 Å². The number of fused-ring (bicyclic) bond motifs is 1. The number of halogens is 1. The highest BCUT2D eigenvalue weighted by molar-refractivity contribution is 6.06. The summed E-state index contributed by atoms with van der Waals surface area (Å²) in [6.45, 7) is 1.57. The number of hydrogen-bond acceptors (Lipinski definition) is 3. The summed E-state index contributed by atoms with van der Waals surface area (Å²) in [6.07, 6.45) is 5.42. The SMILES string of the molecule is CC(=O)Nc1cccc2c(O)c(NC(=O)Cn3cc[n+](C)c3)ccc12.[Cl-]. The number of carbonyl (C=O) groups is 2. The molecule has 3 N–H and O–H groups in total. The number of amides is 2. The number of benzene rings is 2. The van der Waals surface area contributed by atoms with E-state index in [4.69, 9.17) is 0 Å². The molecular weight excluding hydrogens is 356 g/mol. The maximum atomic E-state index is 12.2. The van der Waals surface area contributed by atoms with Gasteiger partial charge >= 0.3 is 0 Å². The fourth-order valence-electron chi connectivity index (χ4n) is 2.69. The fraction of sp³-hybridized carbons (Fsp3) is 0.167. The second kappa shape index (κ2) is 7.88. The quantitative estimate of drug-likeness (QED) is 0.395. The number of nitrogens with zero attached hydrogens (tertiary/aromatic N) is 2. The fourth-order valence-corrected chi connectivity index (χ4v) is 2.69. The third-order valence-corrected chi connectivity index (χ3v) is 3.77. The highest BCUT2D eigenvalue weighted by Crippen LogP contribution is 2.36. The van der Waals surface area contributed by atoms with Crippen molar-refractivity contribution in [2.75, 3.05) is 10.6 Å². The topological polar surface area (TPSA) is 87.2 Å². The lowest BCUT2D eigenvalue weighted by Gasteiger charge is -2.12. The van der Waals surface area contributed by atoms with E-state index in [2.05, 4.69) is 10.6 Å². The molecule has 0 aliphatic rings. The van der Waals surface area contributed by atoms with E-state index < -0.39 is 0 Å². The van der Waals surface area contributed by atoms with Gasteiger partial charge in [-0.1, -0.05) is 12.1 Å². The van der Waals surface area contributed by atoms with Crippen molar-refractivity contribution in [3.63, 3.8) is 0 Å². The molecule has 0 radical (unpaired) electrons. The molecule has 2 aromatic carbocycles. The molecular formula is C18H19ClN4O3. The van der Waals surface area contributed by atoms with Gasteiger partial charge in [0, 0.05) is 23.4 Å². The van der Waals surface area contributed by atoms with Crippen molar-refractivity contribution in [3.05, 3.63) is 49.1 Å². The first kappa shape index (κ1) is 19.3. The summed E-state index contributed by atoms with van der Waals surface area (Å²) in [4.78, 5) is 23.5. The van der Waals surface area contributed by atoms with E-state index in [1.54, 1.807) is 47.4 Å². The number of phenolic OH excluding ortho intramolecular Hbond substituents is 1. The van der Waals surface area contributed by atoms with Crippen LogP contribution in [-0.4, -0.2) is 21.5 Å². The van der Waals surface area contributed by atoms with Gasteiger partial charge in [0.1, 0.15) is 18.1 Å². The first-order chi connectivity index (χ1) is 11.9. The molecule has 0 atom stereocenters. The maximum absolute atomic E-state index is 12.2. The highest BCUT2D eigenvalue weighted by Gasteiger charge is 2.14. The Hall–Kier alpha value is -3.06. The molecule has 0 bridgehead atoms. The van der Waals surface area contributed by atoms with E-state index in [1.807, 2.05) is 17.8 Å². The van der Waals surface area contributed by atoms with Crippen LogP contribution in [0.1, 0.15) is 6.92 Å². The molecule has 1 aromatic heterocycles. The molecule has 1 heterocycles. The smallest absolute Gasteiger partial charge is 0.266 e. The number of imidazole rings is 1. The molecule has 3 rings (SSSR count). The van der Waals surface area contributed by atoms with Gasteiger partial charge in [0.25, 0.3) is 5.91 Å². The molecule has 0 aliphatic carbocycles. The molecule has 26 heavy (non-hydrogen) atoms. The summed E-state index contributed by atoms with van der Waals surface area (Å²) < 4.78 is 3.58. The van der Waals surface area contributed by atoms with Crippen LogP contribution in [0.5, 0.6) is 5.75 Å². The van der Waals surface area contributed by atoms with Crippen LogP contribution in [0.3, 0.4) is 0 Å². The Morgan fingerprint density at radius 3 is 2.54 bits per heavy atom. The van der Waals surface area contributed by atoms with Crippen molar-refractivity contribution in [2.45, 2.75) is 13.5 Å². The summed E-state index contributed by atoms with van der Waals surface area (Å²) in [6, 6.07) is 8.60. The van der Waals surface area contributed by atoms with E-state index in [0.29, 0.717) is 22.1 Å². The van der Waals surface area contributed by atoms with Gasteiger partial charge in [0.2, 0.25) is 12.2 Å². The van der Waals surface area contributed by atoms with Gasteiger partial charge in [-0.05, 0) is 18.2 Å². The minimum atomic E-state index is -0.246. The number of aryl methyl sites for hydroxylation is 1. The Morgan fingerprint density at radius 1 is 1.12 bits per heavy atom. The van der Waals surface area contributed by atoms with Gasteiger partial charge in [-0.3, -0.25) is 9.59 Å². The monoisotopic (exact) mass is 374 g/mol. The maximum Gasteiger partial charge on any atom is 0.266 e. The van der Waals surface area contributed by atoms with Crippen LogP contribution >= 0.6 is 0 Å². The largest absolute Gasteiger partial charge is 1.00 e. The van der Waals surface area contributed by atoms with Crippen LogP contribution in [0, 0.1) is 0 Å². The van der Waals surface area contributed by atoms with Crippen molar-refractivity contribution < 1.29 is 31.7 Å². The zero-order valence-electron chi connectivity index (χ0n) is 14.4. The van der Waals surface area contributed by atoms with E-state index in [0.717, 1.165) is 0 Å². The lowest BCUT2D eigenvalue weighted by Crippen LogP contribution is -3.00. The number of aromatic nitrogens is 2. The van der Waals surface area contributed by atoms with Crippen molar-refractivity contribution in [2.24, 2.45) is 7.05 Å². The van der Waals surface area contributed by atoms with Crippen LogP contribution in [-0.2, 0) is 23.2 Å². The Labute approximate surface area is 156 Å². The predicted molar refractivity (Wildman–Crippen MR) is 94.2 cm³/mol. The molecule has 136 valence electrons. The number of aromatic hydroxyl groups is 1. The highest BCUT2D eigenvalue weighted by atomic mass is 35.5. The van der Waals surface area contributed by atoms with Gasteiger partial charge in [-0.15, -0.1) is 0 Å². The molecule has 0 spiro atoms. The number of carbonyl (C=O) groups excluding carboxylic acids is 2. The average molecular weight is 375 g/mol. The van der Waals surface area contributed by atoms with Gasteiger partial charge in [0.15, 0.2) is 6.54 Å².